The van der Waals surface area contributed by atoms with Gasteiger partial charge in [0.2, 0.25) is 10.0 Å². The second kappa shape index (κ2) is 5.28. The fourth-order valence-corrected chi connectivity index (χ4v) is 5.35. The molecule has 4 N–H and O–H groups in total. The molecule has 0 aromatic heterocycles. The van der Waals surface area contributed by atoms with E-state index in [1.54, 1.807) is 0 Å². The molecule has 0 aliphatic carbocycles. The van der Waals surface area contributed by atoms with Crippen molar-refractivity contribution in [1.29, 1.82) is 0 Å². The molecule has 1 unspecified atom stereocenters. The number of hydrogen-bond donors (Lipinski definition) is 3. The van der Waals surface area contributed by atoms with E-state index >= 15 is 0 Å². The van der Waals surface area contributed by atoms with Crippen LogP contribution in [0.1, 0.15) is 16.8 Å². The van der Waals surface area contributed by atoms with Crippen LogP contribution in [-0.2, 0) is 19.9 Å². The summed E-state index contributed by atoms with van der Waals surface area (Å²) in [5, 5.41) is 9.05. The molecule has 1 atom stereocenters. The summed E-state index contributed by atoms with van der Waals surface area (Å²) in [6, 6.07) is 2.65. The monoisotopic (exact) mass is 334 g/mol. The van der Waals surface area contributed by atoms with Crippen molar-refractivity contribution in [3.05, 3.63) is 23.8 Å². The van der Waals surface area contributed by atoms with Gasteiger partial charge in [-0.15, -0.1) is 0 Å². The Morgan fingerprint density at radius 1 is 1.38 bits per heavy atom. The van der Waals surface area contributed by atoms with E-state index < -0.39 is 42.3 Å². The van der Waals surface area contributed by atoms with Crippen molar-refractivity contribution in [2.45, 2.75) is 17.4 Å². The Bertz CT molecular complexity index is 785. The number of carbonyl (C=O) groups is 1. The number of sulfonamides is 1. The van der Waals surface area contributed by atoms with Gasteiger partial charge in [0.15, 0.2) is 9.84 Å². The zero-order valence-electron chi connectivity index (χ0n) is 10.8. The summed E-state index contributed by atoms with van der Waals surface area (Å²) in [7, 11) is -7.38. The predicted octanol–water partition coefficient (Wildman–Crippen LogP) is -0.568. The Balaban J connectivity index is 2.35. The Labute approximate surface area is 121 Å². The lowest BCUT2D eigenvalue weighted by Gasteiger charge is -2.13. The van der Waals surface area contributed by atoms with Crippen LogP contribution in [0.4, 0.5) is 5.69 Å². The average molecular weight is 334 g/mol. The van der Waals surface area contributed by atoms with Crippen LogP contribution in [-0.4, -0.2) is 45.5 Å². The quantitative estimate of drug-likeness (QED) is 0.626. The largest absolute Gasteiger partial charge is 0.478 e. The van der Waals surface area contributed by atoms with Crippen LogP contribution in [0.15, 0.2) is 23.1 Å². The van der Waals surface area contributed by atoms with Crippen LogP contribution in [0.2, 0.25) is 0 Å². The molecule has 0 saturated carbocycles. The smallest absolute Gasteiger partial charge is 0.337 e. The number of aromatic carboxylic acids is 1. The zero-order valence-corrected chi connectivity index (χ0v) is 12.4. The normalized spacial score (nSPS) is 21.2. The predicted molar refractivity (Wildman–Crippen MR) is 75.2 cm³/mol. The lowest BCUT2D eigenvalue weighted by molar-refractivity contribution is 0.0692. The average Bonchev–Trinajstić information content (AvgIpc) is 2.67. The number of rotatable bonds is 4. The molecule has 0 bridgehead atoms. The Morgan fingerprint density at radius 3 is 2.57 bits per heavy atom. The minimum Gasteiger partial charge on any atom is -0.478 e. The van der Waals surface area contributed by atoms with Gasteiger partial charge >= 0.3 is 5.97 Å². The third-order valence-electron chi connectivity index (χ3n) is 3.08. The highest BCUT2D eigenvalue weighted by Crippen LogP contribution is 2.21. The Morgan fingerprint density at radius 2 is 2.05 bits per heavy atom. The molecule has 21 heavy (non-hydrogen) atoms. The van der Waals surface area contributed by atoms with E-state index in [2.05, 4.69) is 4.72 Å². The first kappa shape index (κ1) is 15.7. The summed E-state index contributed by atoms with van der Waals surface area (Å²) in [5.74, 6) is -1.81. The van der Waals surface area contributed by atoms with E-state index in [9.17, 15) is 21.6 Å². The van der Waals surface area contributed by atoms with Crippen molar-refractivity contribution in [3.8, 4) is 0 Å². The maximum absolute atomic E-state index is 12.2. The first-order valence-electron chi connectivity index (χ1n) is 5.96. The van der Waals surface area contributed by atoms with Crippen LogP contribution in [0.3, 0.4) is 0 Å². The summed E-state index contributed by atoms with van der Waals surface area (Å²) < 4.78 is 49.4. The Kier molecular flexibility index (Phi) is 3.95. The number of nitrogens with two attached hydrogens (primary N) is 1. The van der Waals surface area contributed by atoms with E-state index in [0.717, 1.165) is 12.1 Å². The molecule has 1 aromatic carbocycles. The number of benzene rings is 1. The summed E-state index contributed by atoms with van der Waals surface area (Å²) in [6.45, 7) is 0. The molecule has 1 aliphatic heterocycles. The minimum atomic E-state index is -4.14. The van der Waals surface area contributed by atoms with Gasteiger partial charge in [0.05, 0.1) is 22.0 Å². The molecule has 10 heteroatoms. The van der Waals surface area contributed by atoms with E-state index in [1.807, 2.05) is 0 Å². The molecule has 1 saturated heterocycles. The number of nitrogens with one attached hydrogen (secondary N) is 1. The number of carboxylic acid groups (broad SMARTS) is 1. The van der Waals surface area contributed by atoms with Gasteiger partial charge in [-0.2, -0.15) is 0 Å². The van der Waals surface area contributed by atoms with Crippen molar-refractivity contribution in [3.63, 3.8) is 0 Å². The molecular formula is C11H14N2O6S2. The number of hydrogen-bond acceptors (Lipinski definition) is 6. The van der Waals surface area contributed by atoms with Crippen LogP contribution in [0.5, 0.6) is 0 Å². The standard InChI is InChI=1S/C11H14N2O6S2/c12-7-1-2-10(9(5-7)11(14)15)21(18,19)13-8-3-4-20(16,17)6-8/h1-2,5,8,13H,3-4,6,12H2,(H,14,15). The van der Waals surface area contributed by atoms with Gasteiger partial charge in [0.1, 0.15) is 0 Å². The van der Waals surface area contributed by atoms with Crippen molar-refractivity contribution in [2.24, 2.45) is 0 Å². The lowest BCUT2D eigenvalue weighted by atomic mass is 10.2. The van der Waals surface area contributed by atoms with Gasteiger partial charge in [-0.05, 0) is 24.6 Å². The van der Waals surface area contributed by atoms with Crippen molar-refractivity contribution in [2.75, 3.05) is 17.2 Å². The summed E-state index contributed by atoms with van der Waals surface area (Å²) in [4.78, 5) is 10.7. The Hall–Kier alpha value is -1.65. The second-order valence-electron chi connectivity index (χ2n) is 4.78. The van der Waals surface area contributed by atoms with E-state index in [1.165, 1.54) is 6.07 Å². The number of sulfone groups is 1. The van der Waals surface area contributed by atoms with Crippen molar-refractivity contribution in [1.82, 2.24) is 4.72 Å². The molecule has 1 fully saturated rings. The molecule has 1 heterocycles. The highest BCUT2D eigenvalue weighted by molar-refractivity contribution is 7.92. The van der Waals surface area contributed by atoms with Gasteiger partial charge < -0.3 is 10.8 Å². The summed E-state index contributed by atoms with van der Waals surface area (Å²) in [5.41, 5.74) is 5.11. The fraction of sp³-hybridized carbons (Fsp3) is 0.364. The van der Waals surface area contributed by atoms with Crippen LogP contribution < -0.4 is 10.5 Å². The third-order valence-corrected chi connectivity index (χ3v) is 6.42. The second-order valence-corrected chi connectivity index (χ2v) is 8.69. The molecule has 0 radical (unpaired) electrons. The topological polar surface area (TPSA) is 144 Å². The summed E-state index contributed by atoms with van der Waals surface area (Å²) in [6.07, 6.45) is 0.166. The molecule has 2 rings (SSSR count). The van der Waals surface area contributed by atoms with Gasteiger partial charge in [-0.25, -0.2) is 26.4 Å². The van der Waals surface area contributed by atoms with Crippen molar-refractivity contribution >= 4 is 31.5 Å². The number of carboxylic acids is 1. The first-order valence-corrected chi connectivity index (χ1v) is 9.27. The van der Waals surface area contributed by atoms with E-state index in [-0.39, 0.29) is 23.6 Å². The molecule has 1 aliphatic rings. The van der Waals surface area contributed by atoms with E-state index in [0.29, 0.717) is 0 Å². The maximum Gasteiger partial charge on any atom is 0.337 e. The molecule has 8 nitrogen and oxygen atoms in total. The summed E-state index contributed by atoms with van der Waals surface area (Å²) >= 11 is 0. The van der Waals surface area contributed by atoms with Crippen LogP contribution in [0, 0.1) is 0 Å². The molecule has 116 valence electrons. The van der Waals surface area contributed by atoms with Crippen LogP contribution in [0.25, 0.3) is 0 Å². The van der Waals surface area contributed by atoms with Gasteiger partial charge in [-0.3, -0.25) is 0 Å². The lowest BCUT2D eigenvalue weighted by Crippen LogP contribution is -2.36. The number of anilines is 1. The van der Waals surface area contributed by atoms with Crippen LogP contribution >= 0.6 is 0 Å². The highest BCUT2D eigenvalue weighted by atomic mass is 32.2. The minimum absolute atomic E-state index is 0.0896. The maximum atomic E-state index is 12.2. The van der Waals surface area contributed by atoms with Crippen molar-refractivity contribution < 1.29 is 26.7 Å². The third kappa shape index (κ3) is 3.52. The molecule has 0 spiro atoms. The fourth-order valence-electron chi connectivity index (χ4n) is 2.12. The SMILES string of the molecule is Nc1ccc(S(=O)(=O)NC2CCS(=O)(=O)C2)c(C(=O)O)c1. The molecule has 0 amide bonds. The highest BCUT2D eigenvalue weighted by Gasteiger charge is 2.32. The van der Waals surface area contributed by atoms with E-state index in [4.69, 9.17) is 10.8 Å². The van der Waals surface area contributed by atoms with Gasteiger partial charge in [0.25, 0.3) is 0 Å². The first-order chi connectivity index (χ1) is 9.61. The number of nitrogen functional groups attached to an aromatic ring is 1. The molecular weight excluding hydrogens is 320 g/mol. The van der Waals surface area contributed by atoms with Gasteiger partial charge in [0, 0.05) is 11.7 Å². The van der Waals surface area contributed by atoms with Gasteiger partial charge in [-0.1, -0.05) is 0 Å². The molecule has 1 aromatic rings. The zero-order chi connectivity index (χ0) is 15.8.